The van der Waals surface area contributed by atoms with E-state index < -0.39 is 17.4 Å². The number of carboxylic acid groups (broad SMARTS) is 1. The topological polar surface area (TPSA) is 90.0 Å². The van der Waals surface area contributed by atoms with Gasteiger partial charge in [0.05, 0.1) is 11.5 Å². The monoisotopic (exact) mass is 359 g/mol. The molecule has 7 nitrogen and oxygen atoms in total. The fourth-order valence-electron chi connectivity index (χ4n) is 4.15. The van der Waals surface area contributed by atoms with Crippen LogP contribution in [0, 0.1) is 5.92 Å². The van der Waals surface area contributed by atoms with Crippen molar-refractivity contribution in [3.8, 4) is 0 Å². The zero-order chi connectivity index (χ0) is 18.7. The average Bonchev–Trinajstić information content (AvgIpc) is 2.88. The maximum atomic E-state index is 12.4. The molecule has 2 aliphatic heterocycles. The Kier molecular flexibility index (Phi) is 5.15. The molecule has 2 heterocycles. The van der Waals surface area contributed by atoms with Gasteiger partial charge in [-0.1, -0.05) is 30.3 Å². The molecule has 1 aromatic rings. The number of amides is 3. The zero-order valence-corrected chi connectivity index (χ0v) is 15.0. The van der Waals surface area contributed by atoms with E-state index in [9.17, 15) is 19.5 Å². The lowest BCUT2D eigenvalue weighted by Crippen LogP contribution is -2.58. The van der Waals surface area contributed by atoms with Crippen molar-refractivity contribution in [2.75, 3.05) is 26.7 Å². The summed E-state index contributed by atoms with van der Waals surface area (Å²) in [6, 6.07) is 9.82. The number of piperidine rings is 1. The van der Waals surface area contributed by atoms with Gasteiger partial charge in [0.1, 0.15) is 0 Å². The van der Waals surface area contributed by atoms with Crippen molar-refractivity contribution in [3.63, 3.8) is 0 Å². The van der Waals surface area contributed by atoms with Gasteiger partial charge in [-0.15, -0.1) is 0 Å². The van der Waals surface area contributed by atoms with Crippen molar-refractivity contribution in [2.24, 2.45) is 5.92 Å². The van der Waals surface area contributed by atoms with Gasteiger partial charge in [0, 0.05) is 33.1 Å². The molecule has 0 aliphatic carbocycles. The minimum absolute atomic E-state index is 0.0507. The minimum atomic E-state index is -0.927. The highest BCUT2D eigenvalue weighted by molar-refractivity contribution is 5.88. The first kappa shape index (κ1) is 18.2. The molecule has 0 saturated carbocycles. The Morgan fingerprint density at radius 2 is 1.88 bits per heavy atom. The molecule has 2 fully saturated rings. The number of nitrogens with zero attached hydrogens (tertiary/aromatic N) is 2. The summed E-state index contributed by atoms with van der Waals surface area (Å²) in [4.78, 5) is 39.3. The fourth-order valence-corrected chi connectivity index (χ4v) is 4.15. The molecule has 2 N–H and O–H groups in total. The number of carboxylic acids is 1. The van der Waals surface area contributed by atoms with Gasteiger partial charge in [-0.25, -0.2) is 4.79 Å². The number of hydrogen-bond donors (Lipinski definition) is 2. The third-order valence-corrected chi connectivity index (χ3v) is 5.82. The van der Waals surface area contributed by atoms with Gasteiger partial charge < -0.3 is 20.2 Å². The summed E-state index contributed by atoms with van der Waals surface area (Å²) in [7, 11) is 1.68. The van der Waals surface area contributed by atoms with Crippen LogP contribution in [0.3, 0.4) is 0 Å². The van der Waals surface area contributed by atoms with Crippen LogP contribution in [-0.2, 0) is 16.0 Å². The Morgan fingerprint density at radius 1 is 1.23 bits per heavy atom. The highest BCUT2D eigenvalue weighted by Crippen LogP contribution is 2.42. The first-order chi connectivity index (χ1) is 12.4. The van der Waals surface area contributed by atoms with Gasteiger partial charge in [-0.3, -0.25) is 9.59 Å². The lowest BCUT2D eigenvalue weighted by Gasteiger charge is -2.45. The SMILES string of the molecule is CN1C(=O)C[C@@H](C(=O)O)C12CCN(C(=O)NCCc1ccccc1)CC2. The van der Waals surface area contributed by atoms with E-state index in [1.165, 1.54) is 5.56 Å². The molecule has 140 valence electrons. The zero-order valence-electron chi connectivity index (χ0n) is 15.0. The van der Waals surface area contributed by atoms with Crippen molar-refractivity contribution < 1.29 is 19.5 Å². The molecule has 0 radical (unpaired) electrons. The lowest BCUT2D eigenvalue weighted by atomic mass is 9.77. The van der Waals surface area contributed by atoms with Crippen LogP contribution >= 0.6 is 0 Å². The summed E-state index contributed by atoms with van der Waals surface area (Å²) in [5, 5.41) is 12.4. The highest BCUT2D eigenvalue weighted by atomic mass is 16.4. The molecule has 2 saturated heterocycles. The molecule has 0 bridgehead atoms. The van der Waals surface area contributed by atoms with Gasteiger partial charge in [-0.05, 0) is 24.8 Å². The molecule has 3 rings (SSSR count). The Hall–Kier alpha value is -2.57. The molecule has 26 heavy (non-hydrogen) atoms. The fraction of sp³-hybridized carbons (Fsp3) is 0.526. The van der Waals surface area contributed by atoms with Crippen LogP contribution in [0.2, 0.25) is 0 Å². The summed E-state index contributed by atoms with van der Waals surface area (Å²) in [5.41, 5.74) is 0.504. The van der Waals surface area contributed by atoms with E-state index in [0.717, 1.165) is 6.42 Å². The number of nitrogens with one attached hydrogen (secondary N) is 1. The molecular weight excluding hydrogens is 334 g/mol. The van der Waals surface area contributed by atoms with Crippen molar-refractivity contribution in [2.45, 2.75) is 31.2 Å². The Labute approximate surface area is 153 Å². The minimum Gasteiger partial charge on any atom is -0.481 e. The number of likely N-dealkylation sites (tertiary alicyclic amines) is 2. The second-order valence-electron chi connectivity index (χ2n) is 7.11. The Bertz CT molecular complexity index is 683. The van der Waals surface area contributed by atoms with Gasteiger partial charge in [0.15, 0.2) is 0 Å². The van der Waals surface area contributed by atoms with Crippen molar-refractivity contribution in [3.05, 3.63) is 35.9 Å². The average molecular weight is 359 g/mol. The quantitative estimate of drug-likeness (QED) is 0.849. The van der Waals surface area contributed by atoms with Crippen molar-refractivity contribution in [1.82, 2.24) is 15.1 Å². The molecule has 0 aromatic heterocycles. The van der Waals surface area contributed by atoms with Crippen LogP contribution in [0.4, 0.5) is 4.79 Å². The molecule has 1 aromatic carbocycles. The van der Waals surface area contributed by atoms with E-state index in [4.69, 9.17) is 0 Å². The molecule has 2 aliphatic rings. The van der Waals surface area contributed by atoms with E-state index in [0.29, 0.717) is 32.5 Å². The number of rotatable bonds is 4. The third kappa shape index (κ3) is 3.38. The summed E-state index contributed by atoms with van der Waals surface area (Å²) >= 11 is 0. The molecular formula is C19H25N3O4. The normalized spacial score (nSPS) is 21.9. The maximum Gasteiger partial charge on any atom is 0.317 e. The van der Waals surface area contributed by atoms with Gasteiger partial charge in [0.25, 0.3) is 0 Å². The second kappa shape index (κ2) is 7.35. The van der Waals surface area contributed by atoms with Crippen molar-refractivity contribution >= 4 is 17.9 Å². The van der Waals surface area contributed by atoms with Gasteiger partial charge >= 0.3 is 12.0 Å². The standard InChI is InChI=1S/C19H25N3O4/c1-21-16(23)13-15(17(24)25)19(21)8-11-22(12-9-19)18(26)20-10-7-14-5-3-2-4-6-14/h2-6,15H,7-13H2,1H3,(H,20,26)(H,24,25)/t15-/m0/s1. The predicted molar refractivity (Wildman–Crippen MR) is 95.6 cm³/mol. The number of carbonyl (C=O) groups excluding carboxylic acids is 2. The van der Waals surface area contributed by atoms with Crippen LogP contribution in [0.15, 0.2) is 30.3 Å². The summed E-state index contributed by atoms with van der Waals surface area (Å²) in [6.07, 6.45) is 1.81. The van der Waals surface area contributed by atoms with Crippen LogP contribution in [0.1, 0.15) is 24.8 Å². The molecule has 0 unspecified atom stereocenters. The first-order valence-electron chi connectivity index (χ1n) is 9.00. The first-order valence-corrected chi connectivity index (χ1v) is 9.00. The number of carbonyl (C=O) groups is 3. The highest BCUT2D eigenvalue weighted by Gasteiger charge is 2.55. The van der Waals surface area contributed by atoms with Gasteiger partial charge in [0.2, 0.25) is 5.91 Å². The summed E-state index contributed by atoms with van der Waals surface area (Å²) < 4.78 is 0. The van der Waals surface area contributed by atoms with Crippen molar-refractivity contribution in [1.29, 1.82) is 0 Å². The predicted octanol–water partition coefficient (Wildman–Crippen LogP) is 1.34. The number of aliphatic carboxylic acids is 1. The van der Waals surface area contributed by atoms with Gasteiger partial charge in [-0.2, -0.15) is 0 Å². The molecule has 3 amide bonds. The number of urea groups is 1. The van der Waals surface area contributed by atoms with E-state index in [1.807, 2.05) is 30.3 Å². The number of benzene rings is 1. The maximum absolute atomic E-state index is 12.4. The van der Waals surface area contributed by atoms with Crippen LogP contribution in [0.25, 0.3) is 0 Å². The van der Waals surface area contributed by atoms with E-state index >= 15 is 0 Å². The van der Waals surface area contributed by atoms with E-state index in [1.54, 1.807) is 16.8 Å². The van der Waals surface area contributed by atoms with E-state index in [2.05, 4.69) is 5.32 Å². The Balaban J connectivity index is 1.53. The number of hydrogen-bond acceptors (Lipinski definition) is 3. The summed E-state index contributed by atoms with van der Waals surface area (Å²) in [6.45, 7) is 1.47. The lowest BCUT2D eigenvalue weighted by molar-refractivity contribution is -0.145. The molecule has 1 atom stereocenters. The molecule has 7 heteroatoms. The van der Waals surface area contributed by atoms with Crippen LogP contribution in [-0.4, -0.2) is 65.0 Å². The molecule has 1 spiro atoms. The summed E-state index contributed by atoms with van der Waals surface area (Å²) in [5.74, 6) is -1.75. The Morgan fingerprint density at radius 3 is 2.50 bits per heavy atom. The van der Waals surface area contributed by atoms with E-state index in [-0.39, 0.29) is 18.4 Å². The van der Waals surface area contributed by atoms with Crippen LogP contribution in [0.5, 0.6) is 0 Å². The second-order valence-corrected chi connectivity index (χ2v) is 7.11. The van der Waals surface area contributed by atoms with Crippen LogP contribution < -0.4 is 5.32 Å². The third-order valence-electron chi connectivity index (χ3n) is 5.82. The smallest absolute Gasteiger partial charge is 0.317 e. The largest absolute Gasteiger partial charge is 0.481 e.